The second-order valence-electron chi connectivity index (χ2n) is 2.63. The SMILES string of the molecule is CSc1ncc2cc(C)cn2n1. The molecule has 0 spiro atoms. The zero-order valence-corrected chi connectivity index (χ0v) is 7.80. The molecule has 0 atom stereocenters. The molecule has 0 unspecified atom stereocenters. The topological polar surface area (TPSA) is 30.2 Å². The van der Waals surface area contributed by atoms with Crippen molar-refractivity contribution in [3.8, 4) is 0 Å². The van der Waals surface area contributed by atoms with Crippen LogP contribution in [0.4, 0.5) is 0 Å². The molecule has 0 aliphatic heterocycles. The van der Waals surface area contributed by atoms with Crippen LogP contribution in [0.5, 0.6) is 0 Å². The van der Waals surface area contributed by atoms with Gasteiger partial charge in [-0.2, -0.15) is 0 Å². The summed E-state index contributed by atoms with van der Waals surface area (Å²) < 4.78 is 1.86. The molecule has 3 nitrogen and oxygen atoms in total. The maximum atomic E-state index is 4.28. The van der Waals surface area contributed by atoms with Gasteiger partial charge < -0.3 is 0 Å². The average molecular weight is 179 g/mol. The Bertz CT molecular complexity index is 408. The number of rotatable bonds is 1. The molecule has 0 bridgehead atoms. The summed E-state index contributed by atoms with van der Waals surface area (Å²) >= 11 is 1.55. The number of fused-ring (bicyclic) bond motifs is 1. The summed E-state index contributed by atoms with van der Waals surface area (Å²) in [5, 5.41) is 5.09. The Kier molecular flexibility index (Phi) is 1.77. The van der Waals surface area contributed by atoms with Gasteiger partial charge in [0.25, 0.3) is 0 Å². The molecule has 12 heavy (non-hydrogen) atoms. The van der Waals surface area contributed by atoms with Gasteiger partial charge in [-0.25, -0.2) is 9.50 Å². The van der Waals surface area contributed by atoms with E-state index in [1.807, 2.05) is 30.1 Å². The average Bonchev–Trinajstić information content (AvgIpc) is 2.43. The highest BCUT2D eigenvalue weighted by atomic mass is 32.2. The van der Waals surface area contributed by atoms with E-state index in [0.717, 1.165) is 10.7 Å². The lowest BCUT2D eigenvalue weighted by Crippen LogP contribution is -1.93. The summed E-state index contributed by atoms with van der Waals surface area (Å²) in [6, 6.07) is 2.06. The summed E-state index contributed by atoms with van der Waals surface area (Å²) in [5.41, 5.74) is 2.26. The molecular formula is C8H9N3S. The molecular weight excluding hydrogens is 170 g/mol. The van der Waals surface area contributed by atoms with Gasteiger partial charge in [0.15, 0.2) is 0 Å². The summed E-state index contributed by atoms with van der Waals surface area (Å²) in [4.78, 5) is 4.17. The van der Waals surface area contributed by atoms with E-state index in [0.29, 0.717) is 0 Å². The van der Waals surface area contributed by atoms with E-state index >= 15 is 0 Å². The van der Waals surface area contributed by atoms with Gasteiger partial charge >= 0.3 is 0 Å². The minimum Gasteiger partial charge on any atom is -0.237 e. The Labute approximate surface area is 74.8 Å². The zero-order chi connectivity index (χ0) is 8.55. The van der Waals surface area contributed by atoms with Crippen LogP contribution in [0, 0.1) is 6.92 Å². The maximum absolute atomic E-state index is 4.28. The fraction of sp³-hybridized carbons (Fsp3) is 0.250. The quantitative estimate of drug-likeness (QED) is 0.625. The van der Waals surface area contributed by atoms with Gasteiger partial charge in [-0.3, -0.25) is 0 Å². The van der Waals surface area contributed by atoms with Crippen LogP contribution in [0.2, 0.25) is 0 Å². The fourth-order valence-corrected chi connectivity index (χ4v) is 1.45. The smallest absolute Gasteiger partial charge is 0.207 e. The number of thioether (sulfide) groups is 1. The van der Waals surface area contributed by atoms with Crippen LogP contribution in [0.1, 0.15) is 5.56 Å². The van der Waals surface area contributed by atoms with Gasteiger partial charge in [0.2, 0.25) is 5.16 Å². The molecule has 2 aromatic heterocycles. The fourth-order valence-electron chi connectivity index (χ4n) is 1.12. The van der Waals surface area contributed by atoms with Crippen molar-refractivity contribution < 1.29 is 0 Å². The van der Waals surface area contributed by atoms with Gasteiger partial charge in [-0.05, 0) is 24.8 Å². The Morgan fingerprint density at radius 2 is 2.33 bits per heavy atom. The van der Waals surface area contributed by atoms with Crippen LogP contribution < -0.4 is 0 Å². The molecule has 62 valence electrons. The molecule has 0 N–H and O–H groups in total. The Morgan fingerprint density at radius 1 is 1.50 bits per heavy atom. The van der Waals surface area contributed by atoms with Crippen molar-refractivity contribution in [2.24, 2.45) is 0 Å². The van der Waals surface area contributed by atoms with E-state index in [1.165, 1.54) is 5.56 Å². The van der Waals surface area contributed by atoms with Gasteiger partial charge in [-0.15, -0.1) is 5.10 Å². The molecule has 0 saturated carbocycles. The predicted molar refractivity (Wildman–Crippen MR) is 49.5 cm³/mol. The first-order chi connectivity index (χ1) is 5.79. The maximum Gasteiger partial charge on any atom is 0.207 e. The molecule has 0 saturated heterocycles. The van der Waals surface area contributed by atoms with Gasteiger partial charge in [0.1, 0.15) is 0 Å². The van der Waals surface area contributed by atoms with Gasteiger partial charge in [0, 0.05) is 6.20 Å². The molecule has 2 heterocycles. The molecule has 0 fully saturated rings. The molecule has 0 radical (unpaired) electrons. The molecule has 2 rings (SSSR count). The first kappa shape index (κ1) is 7.61. The Hall–Kier alpha value is -1.03. The number of aryl methyl sites for hydroxylation is 1. The Balaban J connectivity index is 2.66. The number of nitrogens with zero attached hydrogens (tertiary/aromatic N) is 3. The first-order valence-electron chi connectivity index (χ1n) is 3.65. The highest BCUT2D eigenvalue weighted by Crippen LogP contribution is 2.10. The number of hydrogen-bond acceptors (Lipinski definition) is 3. The van der Waals surface area contributed by atoms with Crippen molar-refractivity contribution in [3.05, 3.63) is 24.0 Å². The van der Waals surface area contributed by atoms with Crippen LogP contribution in [0.15, 0.2) is 23.6 Å². The van der Waals surface area contributed by atoms with Crippen LogP contribution in [0.25, 0.3) is 5.52 Å². The normalized spacial score (nSPS) is 10.8. The summed E-state index contributed by atoms with van der Waals surface area (Å²) in [7, 11) is 0. The van der Waals surface area contributed by atoms with Crippen molar-refractivity contribution in [1.29, 1.82) is 0 Å². The standard InChI is InChI=1S/C8H9N3S/c1-6-3-7-4-9-8(12-2)10-11(7)5-6/h3-5H,1-2H3. The van der Waals surface area contributed by atoms with E-state index in [9.17, 15) is 0 Å². The largest absolute Gasteiger partial charge is 0.237 e. The van der Waals surface area contributed by atoms with Crippen LogP contribution in [0.3, 0.4) is 0 Å². The van der Waals surface area contributed by atoms with E-state index in [2.05, 4.69) is 16.1 Å². The summed E-state index contributed by atoms with van der Waals surface area (Å²) in [5.74, 6) is 0. The third-order valence-electron chi connectivity index (χ3n) is 1.65. The molecule has 4 heteroatoms. The highest BCUT2D eigenvalue weighted by molar-refractivity contribution is 7.98. The van der Waals surface area contributed by atoms with Crippen LogP contribution >= 0.6 is 11.8 Å². The van der Waals surface area contributed by atoms with E-state index in [-0.39, 0.29) is 0 Å². The monoisotopic (exact) mass is 179 g/mol. The number of aromatic nitrogens is 3. The van der Waals surface area contributed by atoms with Gasteiger partial charge in [-0.1, -0.05) is 11.8 Å². The molecule has 0 aliphatic carbocycles. The minimum absolute atomic E-state index is 0.804. The lowest BCUT2D eigenvalue weighted by atomic mass is 10.4. The minimum atomic E-state index is 0.804. The number of hydrogen-bond donors (Lipinski definition) is 0. The molecule has 0 aromatic carbocycles. The molecule has 0 aliphatic rings. The van der Waals surface area contributed by atoms with Crippen molar-refractivity contribution in [2.45, 2.75) is 12.1 Å². The first-order valence-corrected chi connectivity index (χ1v) is 4.88. The van der Waals surface area contributed by atoms with E-state index < -0.39 is 0 Å². The lowest BCUT2D eigenvalue weighted by molar-refractivity contribution is 0.798. The third kappa shape index (κ3) is 1.18. The van der Waals surface area contributed by atoms with Gasteiger partial charge in [0.05, 0.1) is 11.7 Å². The molecule has 2 aromatic rings. The van der Waals surface area contributed by atoms with Crippen LogP contribution in [-0.4, -0.2) is 20.9 Å². The second-order valence-corrected chi connectivity index (χ2v) is 3.41. The van der Waals surface area contributed by atoms with E-state index in [4.69, 9.17) is 0 Å². The zero-order valence-electron chi connectivity index (χ0n) is 6.98. The summed E-state index contributed by atoms with van der Waals surface area (Å²) in [6.07, 6.45) is 5.81. The second kappa shape index (κ2) is 2.79. The highest BCUT2D eigenvalue weighted by Gasteiger charge is 1.98. The third-order valence-corrected chi connectivity index (χ3v) is 2.20. The van der Waals surface area contributed by atoms with Crippen molar-refractivity contribution in [1.82, 2.24) is 14.6 Å². The van der Waals surface area contributed by atoms with Crippen molar-refractivity contribution in [3.63, 3.8) is 0 Å². The molecule has 0 amide bonds. The van der Waals surface area contributed by atoms with Crippen molar-refractivity contribution in [2.75, 3.05) is 6.26 Å². The van der Waals surface area contributed by atoms with Crippen LogP contribution in [-0.2, 0) is 0 Å². The Morgan fingerprint density at radius 3 is 3.08 bits per heavy atom. The van der Waals surface area contributed by atoms with Crippen molar-refractivity contribution >= 4 is 17.3 Å². The predicted octanol–water partition coefficient (Wildman–Crippen LogP) is 1.76. The summed E-state index contributed by atoms with van der Waals surface area (Å²) in [6.45, 7) is 2.05. The van der Waals surface area contributed by atoms with E-state index in [1.54, 1.807) is 11.8 Å². The lowest BCUT2D eigenvalue weighted by Gasteiger charge is -1.94.